The van der Waals surface area contributed by atoms with Crippen molar-refractivity contribution in [3.63, 3.8) is 0 Å². The number of anilines is 1. The molecule has 7 heteroatoms. The van der Waals surface area contributed by atoms with Crippen molar-refractivity contribution in [1.82, 2.24) is 9.97 Å². The van der Waals surface area contributed by atoms with Crippen molar-refractivity contribution in [1.29, 1.82) is 0 Å². The highest BCUT2D eigenvalue weighted by Gasteiger charge is 2.25. The molecule has 1 N–H and O–H groups in total. The van der Waals surface area contributed by atoms with Gasteiger partial charge in [0.1, 0.15) is 24.0 Å². The Kier molecular flexibility index (Phi) is 4.57. The van der Waals surface area contributed by atoms with Gasteiger partial charge in [0.15, 0.2) is 0 Å². The number of aliphatic imine (C=N–C) groups is 1. The van der Waals surface area contributed by atoms with Crippen molar-refractivity contribution >= 4 is 17.2 Å². The van der Waals surface area contributed by atoms with E-state index in [9.17, 15) is 5.11 Å². The number of aliphatic hydroxyl groups excluding tert-OH is 1. The second-order valence-electron chi connectivity index (χ2n) is 6.67. The van der Waals surface area contributed by atoms with Crippen LogP contribution in [0.1, 0.15) is 24.6 Å². The second kappa shape index (κ2) is 7.01. The lowest BCUT2D eigenvalue weighted by Gasteiger charge is -2.22. The van der Waals surface area contributed by atoms with Crippen molar-refractivity contribution in [2.24, 2.45) is 4.99 Å². The van der Waals surface area contributed by atoms with Gasteiger partial charge >= 0.3 is 0 Å². The van der Waals surface area contributed by atoms with E-state index in [1.165, 1.54) is 0 Å². The first-order valence-corrected chi connectivity index (χ1v) is 8.78. The minimum atomic E-state index is -0.288. The Hall–Kier alpha value is -2.51. The first-order chi connectivity index (χ1) is 12.6. The van der Waals surface area contributed by atoms with Gasteiger partial charge in [-0.2, -0.15) is 0 Å². The highest BCUT2D eigenvalue weighted by atomic mass is 16.5. The van der Waals surface area contributed by atoms with Gasteiger partial charge in [-0.1, -0.05) is 0 Å². The molecule has 0 radical (unpaired) electrons. The van der Waals surface area contributed by atoms with Gasteiger partial charge in [0.25, 0.3) is 0 Å². The third-order valence-electron chi connectivity index (χ3n) is 4.58. The minimum Gasteiger partial charge on any atom is -0.488 e. The molecule has 26 heavy (non-hydrogen) atoms. The van der Waals surface area contributed by atoms with E-state index >= 15 is 0 Å². The normalized spacial score (nSPS) is 19.6. The number of rotatable bonds is 6. The molecule has 4 rings (SSSR count). The number of β-amino-alcohol motifs (C(OH)–C–C–N with tert-alkyl or cyclic N) is 1. The fraction of sp³-hybridized carbons (Fsp3) is 0.421. The van der Waals surface area contributed by atoms with Gasteiger partial charge in [0.2, 0.25) is 0 Å². The Morgan fingerprint density at radius 1 is 1.31 bits per heavy atom. The number of ether oxygens (including phenoxy) is 2. The fourth-order valence-corrected chi connectivity index (χ4v) is 3.30. The largest absolute Gasteiger partial charge is 0.488 e. The summed E-state index contributed by atoms with van der Waals surface area (Å²) in [5.74, 6) is 1.61. The van der Waals surface area contributed by atoms with Gasteiger partial charge in [-0.25, -0.2) is 15.0 Å². The molecule has 0 amide bonds. The van der Waals surface area contributed by atoms with Crippen molar-refractivity contribution in [2.45, 2.75) is 25.6 Å². The smallest absolute Gasteiger partial charge is 0.132 e. The number of benzene rings is 1. The lowest BCUT2D eigenvalue weighted by Crippen LogP contribution is -2.23. The standard InChI is InChI=1S/C19H22N4O3/c1-12(10-25-2)26-14-3-4-16-15(7-14)19(22-16)17-8-18(21-11-20-17)23-6-5-13(24)9-23/h3-4,7-8,11-13,24H,5-6,9-10H2,1-2H3. The predicted octanol–water partition coefficient (Wildman–Crippen LogP) is 1.94. The molecule has 1 fully saturated rings. The summed E-state index contributed by atoms with van der Waals surface area (Å²) in [5, 5.41) is 9.74. The molecule has 2 aliphatic heterocycles. The third-order valence-corrected chi connectivity index (χ3v) is 4.58. The van der Waals surface area contributed by atoms with E-state index in [0.29, 0.717) is 13.2 Å². The molecule has 0 saturated carbocycles. The van der Waals surface area contributed by atoms with Crippen molar-refractivity contribution in [3.05, 3.63) is 41.9 Å². The molecule has 0 aliphatic carbocycles. The summed E-state index contributed by atoms with van der Waals surface area (Å²) >= 11 is 0. The fourth-order valence-electron chi connectivity index (χ4n) is 3.30. The maximum absolute atomic E-state index is 9.74. The SMILES string of the molecule is COCC(C)Oc1ccc2c(c1)C(c1cc(N3CCC(O)C3)ncn1)=N2. The maximum atomic E-state index is 9.74. The molecular weight excluding hydrogens is 332 g/mol. The van der Waals surface area contributed by atoms with Gasteiger partial charge in [-0.3, -0.25) is 0 Å². The van der Waals surface area contributed by atoms with E-state index in [-0.39, 0.29) is 12.2 Å². The molecule has 136 valence electrons. The zero-order valence-electron chi connectivity index (χ0n) is 14.9. The van der Waals surface area contributed by atoms with Crippen LogP contribution in [0.25, 0.3) is 0 Å². The number of fused-ring (bicyclic) bond motifs is 1. The van der Waals surface area contributed by atoms with E-state index in [2.05, 4.69) is 19.9 Å². The van der Waals surface area contributed by atoms with Crippen LogP contribution in [-0.4, -0.2) is 59.8 Å². The second-order valence-corrected chi connectivity index (χ2v) is 6.67. The van der Waals surface area contributed by atoms with Gasteiger partial charge in [0.05, 0.1) is 29.8 Å². The summed E-state index contributed by atoms with van der Waals surface area (Å²) in [4.78, 5) is 15.4. The molecule has 0 spiro atoms. The molecule has 2 atom stereocenters. The zero-order chi connectivity index (χ0) is 18.1. The molecule has 2 aromatic rings. The monoisotopic (exact) mass is 354 g/mol. The van der Waals surface area contributed by atoms with Crippen LogP contribution in [0.4, 0.5) is 11.5 Å². The Morgan fingerprint density at radius 2 is 2.19 bits per heavy atom. The summed E-state index contributed by atoms with van der Waals surface area (Å²) in [6, 6.07) is 7.79. The summed E-state index contributed by atoms with van der Waals surface area (Å²) in [5.41, 5.74) is 3.58. The van der Waals surface area contributed by atoms with Crippen LogP contribution >= 0.6 is 0 Å². The minimum absolute atomic E-state index is 0.0224. The van der Waals surface area contributed by atoms with Crippen LogP contribution in [0.3, 0.4) is 0 Å². The van der Waals surface area contributed by atoms with Gasteiger partial charge in [-0.05, 0) is 31.5 Å². The third kappa shape index (κ3) is 3.27. The van der Waals surface area contributed by atoms with Gasteiger partial charge in [0, 0.05) is 31.8 Å². The van der Waals surface area contributed by atoms with E-state index in [0.717, 1.165) is 47.2 Å². The number of methoxy groups -OCH3 is 1. The number of aromatic nitrogens is 2. The number of nitrogens with zero attached hydrogens (tertiary/aromatic N) is 4. The first kappa shape index (κ1) is 16.9. The Labute approximate surface area is 152 Å². The molecule has 2 unspecified atom stereocenters. The molecule has 3 heterocycles. The van der Waals surface area contributed by atoms with Crippen LogP contribution in [0.15, 0.2) is 35.6 Å². The summed E-state index contributed by atoms with van der Waals surface area (Å²) in [6.45, 7) is 3.92. The quantitative estimate of drug-likeness (QED) is 0.729. The Bertz CT molecular complexity index is 839. The Balaban J connectivity index is 1.54. The first-order valence-electron chi connectivity index (χ1n) is 8.78. The lowest BCUT2D eigenvalue weighted by molar-refractivity contribution is 0.0921. The molecule has 7 nitrogen and oxygen atoms in total. The molecule has 0 bridgehead atoms. The molecular formula is C19H22N4O3. The van der Waals surface area contributed by atoms with Crippen molar-refractivity contribution in [3.8, 4) is 5.75 Å². The molecule has 1 saturated heterocycles. The Morgan fingerprint density at radius 3 is 2.96 bits per heavy atom. The number of hydrogen-bond donors (Lipinski definition) is 1. The van der Waals surface area contributed by atoms with Crippen LogP contribution in [0.5, 0.6) is 5.75 Å². The van der Waals surface area contributed by atoms with Gasteiger partial charge in [-0.15, -0.1) is 0 Å². The number of hydrogen-bond acceptors (Lipinski definition) is 7. The summed E-state index contributed by atoms with van der Waals surface area (Å²) in [6.07, 6.45) is 2.01. The molecule has 2 aliphatic rings. The van der Waals surface area contributed by atoms with Crippen LogP contribution in [-0.2, 0) is 4.74 Å². The van der Waals surface area contributed by atoms with E-state index in [1.54, 1.807) is 13.4 Å². The maximum Gasteiger partial charge on any atom is 0.132 e. The topological polar surface area (TPSA) is 80.1 Å². The average Bonchev–Trinajstić information content (AvgIpc) is 3.04. The van der Waals surface area contributed by atoms with Crippen molar-refractivity contribution in [2.75, 3.05) is 31.7 Å². The average molecular weight is 354 g/mol. The molecule has 1 aromatic carbocycles. The highest BCUT2D eigenvalue weighted by molar-refractivity contribution is 6.21. The highest BCUT2D eigenvalue weighted by Crippen LogP contribution is 2.35. The predicted molar refractivity (Wildman–Crippen MR) is 98.6 cm³/mol. The van der Waals surface area contributed by atoms with E-state index in [4.69, 9.17) is 9.47 Å². The number of aliphatic hydroxyl groups is 1. The van der Waals surface area contributed by atoms with Crippen LogP contribution in [0, 0.1) is 0 Å². The van der Waals surface area contributed by atoms with Crippen LogP contribution in [0.2, 0.25) is 0 Å². The van der Waals surface area contributed by atoms with E-state index in [1.807, 2.05) is 31.2 Å². The zero-order valence-corrected chi connectivity index (χ0v) is 14.9. The summed E-state index contributed by atoms with van der Waals surface area (Å²) < 4.78 is 11.0. The van der Waals surface area contributed by atoms with E-state index < -0.39 is 0 Å². The van der Waals surface area contributed by atoms with Gasteiger partial charge < -0.3 is 19.5 Å². The van der Waals surface area contributed by atoms with Crippen LogP contribution < -0.4 is 9.64 Å². The van der Waals surface area contributed by atoms with Crippen molar-refractivity contribution < 1.29 is 14.6 Å². The molecule has 1 aromatic heterocycles. The summed E-state index contributed by atoms with van der Waals surface area (Å²) in [7, 11) is 1.66. The lowest BCUT2D eigenvalue weighted by atomic mass is 9.99.